The second-order valence-corrected chi connectivity index (χ2v) is 8.13. The monoisotopic (exact) mass is 473 g/mol. The highest BCUT2D eigenvalue weighted by Gasteiger charge is 2.36. The fourth-order valence-electron chi connectivity index (χ4n) is 4.00. The van der Waals surface area contributed by atoms with Crippen LogP contribution in [0.15, 0.2) is 30.5 Å². The number of nitrogens with zero attached hydrogens (tertiary/aromatic N) is 1. The van der Waals surface area contributed by atoms with Crippen LogP contribution in [0.5, 0.6) is 0 Å². The number of nitrogens with two attached hydrogens (primary N) is 1. The maximum atomic E-state index is 12.9. The van der Waals surface area contributed by atoms with Gasteiger partial charge in [0.25, 0.3) is 0 Å². The number of nitrogens with one attached hydrogen (secondary N) is 3. The molecular formula is C22H27N5O7. The van der Waals surface area contributed by atoms with Crippen molar-refractivity contribution in [3.8, 4) is 0 Å². The molecule has 2 aromatic rings. The van der Waals surface area contributed by atoms with Gasteiger partial charge in [0.15, 0.2) is 0 Å². The first kappa shape index (κ1) is 24.7. The highest BCUT2D eigenvalue weighted by molar-refractivity contribution is 5.94. The lowest BCUT2D eigenvalue weighted by Gasteiger charge is -2.26. The molecule has 1 aromatic carbocycles. The van der Waals surface area contributed by atoms with E-state index in [1.54, 1.807) is 6.20 Å². The Morgan fingerprint density at radius 1 is 1.18 bits per heavy atom. The highest BCUT2D eigenvalue weighted by Crippen LogP contribution is 2.21. The van der Waals surface area contributed by atoms with Crippen LogP contribution in [-0.2, 0) is 30.4 Å². The third-order valence-corrected chi connectivity index (χ3v) is 5.73. The SMILES string of the molecule is NC(CC(=O)O)C(=O)NCC(=O)N1CCCC1C(=O)NC(Cc1c[nH]c2ccccc12)C(=O)O. The molecule has 0 saturated carbocycles. The first-order valence-electron chi connectivity index (χ1n) is 10.8. The summed E-state index contributed by atoms with van der Waals surface area (Å²) in [5, 5.41) is 24.0. The van der Waals surface area contributed by atoms with Crippen molar-refractivity contribution in [2.24, 2.45) is 5.73 Å². The van der Waals surface area contributed by atoms with Crippen LogP contribution in [0.25, 0.3) is 10.9 Å². The lowest BCUT2D eigenvalue weighted by atomic mass is 10.0. The number of hydrogen-bond acceptors (Lipinski definition) is 6. The van der Waals surface area contributed by atoms with E-state index in [1.807, 2.05) is 24.3 Å². The lowest BCUT2D eigenvalue weighted by Crippen LogP contribution is -2.53. The van der Waals surface area contributed by atoms with Gasteiger partial charge in [0.05, 0.1) is 19.0 Å². The van der Waals surface area contributed by atoms with Crippen LogP contribution in [0.3, 0.4) is 0 Å². The van der Waals surface area contributed by atoms with Crippen LogP contribution >= 0.6 is 0 Å². The average molecular weight is 473 g/mol. The number of fused-ring (bicyclic) bond motifs is 1. The number of carbonyl (C=O) groups excluding carboxylic acids is 3. The number of aromatic nitrogens is 1. The molecule has 3 rings (SSSR count). The minimum absolute atomic E-state index is 0.0588. The van der Waals surface area contributed by atoms with Crippen LogP contribution in [0, 0.1) is 0 Å². The summed E-state index contributed by atoms with van der Waals surface area (Å²) in [6.07, 6.45) is 2.07. The summed E-state index contributed by atoms with van der Waals surface area (Å²) in [6.45, 7) is -0.179. The molecule has 1 saturated heterocycles. The van der Waals surface area contributed by atoms with Gasteiger partial charge in [0, 0.05) is 30.1 Å². The number of amides is 3. The van der Waals surface area contributed by atoms with Crippen LogP contribution in [-0.4, -0.2) is 81.0 Å². The third-order valence-electron chi connectivity index (χ3n) is 5.73. The fourth-order valence-corrected chi connectivity index (χ4v) is 4.00. The number of likely N-dealkylation sites (tertiary alicyclic amines) is 1. The third kappa shape index (κ3) is 5.90. The van der Waals surface area contributed by atoms with Gasteiger partial charge in [-0.2, -0.15) is 0 Å². The van der Waals surface area contributed by atoms with E-state index in [0.717, 1.165) is 16.5 Å². The molecule has 1 fully saturated rings. The summed E-state index contributed by atoms with van der Waals surface area (Å²) in [4.78, 5) is 64.2. The zero-order valence-electron chi connectivity index (χ0n) is 18.3. The number of aliphatic carboxylic acids is 2. The Kier molecular flexibility index (Phi) is 7.84. The Morgan fingerprint density at radius 3 is 2.62 bits per heavy atom. The van der Waals surface area contributed by atoms with E-state index in [9.17, 15) is 29.1 Å². The maximum Gasteiger partial charge on any atom is 0.326 e. The first-order valence-corrected chi connectivity index (χ1v) is 10.8. The Labute approximate surface area is 194 Å². The second-order valence-electron chi connectivity index (χ2n) is 8.13. The van der Waals surface area contributed by atoms with Gasteiger partial charge in [0.2, 0.25) is 17.7 Å². The first-order chi connectivity index (χ1) is 16.2. The van der Waals surface area contributed by atoms with Crippen molar-refractivity contribution in [3.63, 3.8) is 0 Å². The number of carbonyl (C=O) groups is 5. The molecule has 34 heavy (non-hydrogen) atoms. The van der Waals surface area contributed by atoms with Crippen LogP contribution in [0.1, 0.15) is 24.8 Å². The van der Waals surface area contributed by atoms with Crippen molar-refractivity contribution >= 4 is 40.6 Å². The summed E-state index contributed by atoms with van der Waals surface area (Å²) in [7, 11) is 0. The number of aromatic amines is 1. The van der Waals surface area contributed by atoms with E-state index in [2.05, 4.69) is 15.6 Å². The van der Waals surface area contributed by atoms with Crippen molar-refractivity contribution in [3.05, 3.63) is 36.0 Å². The van der Waals surface area contributed by atoms with Gasteiger partial charge < -0.3 is 36.5 Å². The lowest BCUT2D eigenvalue weighted by molar-refractivity contribution is -0.144. The molecule has 7 N–H and O–H groups in total. The Morgan fingerprint density at radius 2 is 1.91 bits per heavy atom. The normalized spacial score (nSPS) is 17.2. The Bertz CT molecular complexity index is 1100. The molecule has 0 bridgehead atoms. The minimum atomic E-state index is -1.30. The molecule has 0 aliphatic carbocycles. The highest BCUT2D eigenvalue weighted by atomic mass is 16.4. The zero-order chi connectivity index (χ0) is 24.8. The van der Waals surface area contributed by atoms with E-state index in [1.165, 1.54) is 4.90 Å². The summed E-state index contributed by atoms with van der Waals surface area (Å²) in [5.41, 5.74) is 7.06. The molecular weight excluding hydrogens is 446 g/mol. The number of carboxylic acid groups (broad SMARTS) is 2. The van der Waals surface area contributed by atoms with Gasteiger partial charge in [0.1, 0.15) is 12.1 Å². The van der Waals surface area contributed by atoms with Crippen molar-refractivity contribution in [1.82, 2.24) is 20.5 Å². The molecule has 0 radical (unpaired) electrons. The van der Waals surface area contributed by atoms with Gasteiger partial charge in [-0.25, -0.2) is 4.79 Å². The predicted molar refractivity (Wildman–Crippen MR) is 120 cm³/mol. The van der Waals surface area contributed by atoms with E-state index >= 15 is 0 Å². The summed E-state index contributed by atoms with van der Waals surface area (Å²) >= 11 is 0. The van der Waals surface area contributed by atoms with Crippen molar-refractivity contribution in [2.75, 3.05) is 13.1 Å². The molecule has 182 valence electrons. The molecule has 1 aliphatic rings. The number of para-hydroxylation sites is 1. The van der Waals surface area contributed by atoms with Gasteiger partial charge in [-0.1, -0.05) is 18.2 Å². The summed E-state index contributed by atoms with van der Waals surface area (Å²) in [6, 6.07) is 4.04. The van der Waals surface area contributed by atoms with Gasteiger partial charge in [-0.3, -0.25) is 19.2 Å². The molecule has 1 aromatic heterocycles. The van der Waals surface area contributed by atoms with E-state index < -0.39 is 60.8 Å². The van der Waals surface area contributed by atoms with Gasteiger partial charge in [-0.05, 0) is 24.5 Å². The summed E-state index contributed by atoms with van der Waals surface area (Å²) < 4.78 is 0. The quantitative estimate of drug-likeness (QED) is 0.258. The van der Waals surface area contributed by atoms with Crippen molar-refractivity contribution in [2.45, 2.75) is 43.8 Å². The topological polar surface area (TPSA) is 195 Å². The molecule has 2 heterocycles. The largest absolute Gasteiger partial charge is 0.481 e. The number of carboxylic acids is 2. The number of rotatable bonds is 10. The van der Waals surface area contributed by atoms with Gasteiger partial charge >= 0.3 is 11.9 Å². The molecule has 12 heteroatoms. The molecule has 3 unspecified atom stereocenters. The predicted octanol–water partition coefficient (Wildman–Crippen LogP) is -0.811. The van der Waals surface area contributed by atoms with Crippen LogP contribution < -0.4 is 16.4 Å². The van der Waals surface area contributed by atoms with Crippen molar-refractivity contribution < 1.29 is 34.2 Å². The molecule has 3 amide bonds. The Balaban J connectivity index is 1.60. The maximum absolute atomic E-state index is 12.9. The molecule has 1 aliphatic heterocycles. The summed E-state index contributed by atoms with van der Waals surface area (Å²) in [5.74, 6) is -4.37. The van der Waals surface area contributed by atoms with Gasteiger partial charge in [-0.15, -0.1) is 0 Å². The smallest absolute Gasteiger partial charge is 0.326 e. The Hall–Kier alpha value is -3.93. The van der Waals surface area contributed by atoms with E-state index in [0.29, 0.717) is 12.8 Å². The zero-order valence-corrected chi connectivity index (χ0v) is 18.3. The fraction of sp³-hybridized carbons (Fsp3) is 0.409. The minimum Gasteiger partial charge on any atom is -0.481 e. The number of H-pyrrole nitrogens is 1. The van der Waals surface area contributed by atoms with Crippen LogP contribution in [0.2, 0.25) is 0 Å². The molecule has 0 spiro atoms. The molecule has 12 nitrogen and oxygen atoms in total. The van der Waals surface area contributed by atoms with E-state index in [-0.39, 0.29) is 13.0 Å². The average Bonchev–Trinajstić information content (AvgIpc) is 3.44. The second kappa shape index (κ2) is 10.8. The standard InChI is InChI=1S/C22H27N5O7/c23-14(9-19(29)30)20(31)25-11-18(28)27-7-3-6-17(27)21(32)26-16(22(33)34)8-12-10-24-15-5-2-1-4-13(12)15/h1-2,4-5,10,14,16-17,24H,3,6-9,11,23H2,(H,25,31)(H,26,32)(H,29,30)(H,33,34). The number of benzene rings is 1. The van der Waals surface area contributed by atoms with E-state index in [4.69, 9.17) is 10.8 Å². The van der Waals surface area contributed by atoms with Crippen molar-refractivity contribution in [1.29, 1.82) is 0 Å². The number of hydrogen-bond donors (Lipinski definition) is 6. The van der Waals surface area contributed by atoms with Crippen LogP contribution in [0.4, 0.5) is 0 Å². The molecule has 3 atom stereocenters.